The molecule has 0 aromatic carbocycles. The van der Waals surface area contributed by atoms with Gasteiger partial charge in [0.25, 0.3) is 0 Å². The van der Waals surface area contributed by atoms with Gasteiger partial charge in [-0.2, -0.15) is 0 Å². The van der Waals surface area contributed by atoms with Crippen LogP contribution in [-0.4, -0.2) is 65.7 Å². The van der Waals surface area contributed by atoms with Gasteiger partial charge in [-0.05, 0) is 44.9 Å². The maximum atomic E-state index is 12.4. The lowest BCUT2D eigenvalue weighted by molar-refractivity contribution is 0.00896. The van der Waals surface area contributed by atoms with E-state index in [4.69, 9.17) is 4.74 Å². The lowest BCUT2D eigenvalue weighted by Gasteiger charge is -2.36. The molecule has 1 aliphatic heterocycles. The predicted octanol–water partition coefficient (Wildman–Crippen LogP) is 2.11. The molecule has 0 radical (unpaired) electrons. The van der Waals surface area contributed by atoms with E-state index in [0.717, 1.165) is 39.1 Å². The molecular formula is C18H30N4O2. The maximum Gasteiger partial charge on any atom is 0.317 e. The van der Waals surface area contributed by atoms with Crippen LogP contribution in [0.4, 0.5) is 4.79 Å². The molecule has 1 saturated heterocycles. The SMILES string of the molecule is COC(C)(C)CC(C)NC(=O)N1CCN(Cc2ccncc2)CC1. The van der Waals surface area contributed by atoms with Crippen molar-refractivity contribution >= 4 is 6.03 Å². The van der Waals surface area contributed by atoms with Crippen LogP contribution in [0, 0.1) is 0 Å². The second-order valence-corrected chi connectivity index (χ2v) is 7.14. The highest BCUT2D eigenvalue weighted by Crippen LogP contribution is 2.15. The number of piperazine rings is 1. The Kier molecular flexibility index (Phi) is 6.57. The van der Waals surface area contributed by atoms with Crippen molar-refractivity contribution in [2.24, 2.45) is 0 Å². The summed E-state index contributed by atoms with van der Waals surface area (Å²) in [5, 5.41) is 3.08. The van der Waals surface area contributed by atoms with Crippen LogP contribution in [-0.2, 0) is 11.3 Å². The van der Waals surface area contributed by atoms with Gasteiger partial charge in [0.05, 0.1) is 5.60 Å². The number of nitrogens with one attached hydrogen (secondary N) is 1. The van der Waals surface area contributed by atoms with Gasteiger partial charge in [0.15, 0.2) is 0 Å². The summed E-state index contributed by atoms with van der Waals surface area (Å²) in [6, 6.07) is 4.19. The van der Waals surface area contributed by atoms with Gasteiger partial charge in [-0.1, -0.05) is 0 Å². The molecule has 1 aromatic heterocycles. The summed E-state index contributed by atoms with van der Waals surface area (Å²) in [6.07, 6.45) is 4.43. The van der Waals surface area contributed by atoms with Crippen molar-refractivity contribution in [2.45, 2.75) is 45.4 Å². The fourth-order valence-electron chi connectivity index (χ4n) is 3.03. The third-order valence-electron chi connectivity index (χ3n) is 4.54. The van der Waals surface area contributed by atoms with Gasteiger partial charge in [-0.25, -0.2) is 4.79 Å². The monoisotopic (exact) mass is 334 g/mol. The van der Waals surface area contributed by atoms with Crippen molar-refractivity contribution in [1.82, 2.24) is 20.1 Å². The van der Waals surface area contributed by atoms with Crippen molar-refractivity contribution < 1.29 is 9.53 Å². The van der Waals surface area contributed by atoms with Crippen LogP contribution >= 0.6 is 0 Å². The van der Waals surface area contributed by atoms with Crippen LogP contribution < -0.4 is 5.32 Å². The van der Waals surface area contributed by atoms with Crippen LogP contribution in [0.15, 0.2) is 24.5 Å². The van der Waals surface area contributed by atoms with Crippen LogP contribution in [0.2, 0.25) is 0 Å². The second kappa shape index (κ2) is 8.44. The standard InChI is InChI=1S/C18H30N4O2/c1-15(13-18(2,3)24-4)20-17(23)22-11-9-21(10-12-22)14-16-5-7-19-8-6-16/h5-8,15H,9-14H2,1-4H3,(H,20,23). The Bertz CT molecular complexity index is 513. The van der Waals surface area contributed by atoms with Crippen LogP contribution in [0.1, 0.15) is 32.8 Å². The third kappa shape index (κ3) is 5.76. The number of urea groups is 1. The molecule has 0 bridgehead atoms. The van der Waals surface area contributed by atoms with E-state index >= 15 is 0 Å². The minimum Gasteiger partial charge on any atom is -0.379 e. The molecule has 1 atom stereocenters. The normalized spacial score (nSPS) is 17.6. The van der Waals surface area contributed by atoms with Gasteiger partial charge in [-0.15, -0.1) is 0 Å². The van der Waals surface area contributed by atoms with E-state index in [2.05, 4.69) is 15.2 Å². The molecule has 1 fully saturated rings. The van der Waals surface area contributed by atoms with Crippen LogP contribution in [0.3, 0.4) is 0 Å². The molecule has 6 heteroatoms. The van der Waals surface area contributed by atoms with Gasteiger partial charge in [0.1, 0.15) is 0 Å². The number of carbonyl (C=O) groups excluding carboxylic acids is 1. The Balaban J connectivity index is 1.74. The molecule has 1 unspecified atom stereocenters. The highest BCUT2D eigenvalue weighted by Gasteiger charge is 2.25. The molecule has 1 N–H and O–H groups in total. The van der Waals surface area contributed by atoms with Crippen molar-refractivity contribution in [3.63, 3.8) is 0 Å². The van der Waals surface area contributed by atoms with Crippen molar-refractivity contribution in [3.8, 4) is 0 Å². The van der Waals surface area contributed by atoms with E-state index in [9.17, 15) is 4.79 Å². The number of pyridine rings is 1. The first-order valence-corrected chi connectivity index (χ1v) is 8.61. The highest BCUT2D eigenvalue weighted by atomic mass is 16.5. The van der Waals surface area contributed by atoms with Gasteiger partial charge in [-0.3, -0.25) is 9.88 Å². The molecule has 1 aromatic rings. The number of methoxy groups -OCH3 is 1. The van der Waals surface area contributed by atoms with E-state index in [1.807, 2.05) is 50.2 Å². The molecule has 2 heterocycles. The van der Waals surface area contributed by atoms with Crippen LogP contribution in [0.5, 0.6) is 0 Å². The summed E-state index contributed by atoms with van der Waals surface area (Å²) in [5.41, 5.74) is 1.04. The number of hydrogen-bond acceptors (Lipinski definition) is 4. The fourth-order valence-corrected chi connectivity index (χ4v) is 3.03. The van der Waals surface area contributed by atoms with E-state index in [0.29, 0.717) is 0 Å². The third-order valence-corrected chi connectivity index (χ3v) is 4.54. The Labute approximate surface area is 145 Å². The van der Waals surface area contributed by atoms with Crippen molar-refractivity contribution in [3.05, 3.63) is 30.1 Å². The van der Waals surface area contributed by atoms with E-state index < -0.39 is 0 Å². The zero-order valence-corrected chi connectivity index (χ0v) is 15.3. The average Bonchev–Trinajstić information content (AvgIpc) is 2.56. The number of nitrogens with zero attached hydrogens (tertiary/aromatic N) is 3. The van der Waals surface area contributed by atoms with Gasteiger partial charge < -0.3 is 15.0 Å². The Morgan fingerprint density at radius 3 is 2.50 bits per heavy atom. The Hall–Kier alpha value is -1.66. The fraction of sp³-hybridized carbons (Fsp3) is 0.667. The van der Waals surface area contributed by atoms with Gasteiger partial charge in [0.2, 0.25) is 0 Å². The first kappa shape index (κ1) is 18.7. The van der Waals surface area contributed by atoms with E-state index in [1.165, 1.54) is 5.56 Å². The van der Waals surface area contributed by atoms with Crippen molar-refractivity contribution in [1.29, 1.82) is 0 Å². The van der Waals surface area contributed by atoms with E-state index in [-0.39, 0.29) is 17.7 Å². The molecular weight excluding hydrogens is 304 g/mol. The lowest BCUT2D eigenvalue weighted by atomic mass is 10.00. The summed E-state index contributed by atoms with van der Waals surface area (Å²) in [4.78, 5) is 20.7. The summed E-state index contributed by atoms with van der Waals surface area (Å²) in [5.74, 6) is 0. The average molecular weight is 334 g/mol. The Morgan fingerprint density at radius 2 is 1.92 bits per heavy atom. The number of hydrogen-bond donors (Lipinski definition) is 1. The first-order chi connectivity index (χ1) is 11.4. The summed E-state index contributed by atoms with van der Waals surface area (Å²) in [7, 11) is 1.70. The molecule has 2 amide bonds. The van der Waals surface area contributed by atoms with E-state index in [1.54, 1.807) is 7.11 Å². The first-order valence-electron chi connectivity index (χ1n) is 8.61. The minimum absolute atomic E-state index is 0.0259. The summed E-state index contributed by atoms with van der Waals surface area (Å²) >= 11 is 0. The topological polar surface area (TPSA) is 57.7 Å². The van der Waals surface area contributed by atoms with Crippen molar-refractivity contribution in [2.75, 3.05) is 33.3 Å². The number of ether oxygens (including phenoxy) is 1. The molecule has 0 aliphatic carbocycles. The van der Waals surface area contributed by atoms with Gasteiger partial charge in [0, 0.05) is 58.3 Å². The molecule has 0 spiro atoms. The second-order valence-electron chi connectivity index (χ2n) is 7.14. The van der Waals surface area contributed by atoms with Crippen LogP contribution in [0.25, 0.3) is 0 Å². The zero-order chi connectivity index (χ0) is 17.6. The highest BCUT2D eigenvalue weighted by molar-refractivity contribution is 5.74. The summed E-state index contributed by atoms with van der Waals surface area (Å²) < 4.78 is 5.43. The summed E-state index contributed by atoms with van der Waals surface area (Å²) in [6.45, 7) is 10.3. The predicted molar refractivity (Wildman–Crippen MR) is 94.8 cm³/mol. The minimum atomic E-state index is -0.226. The largest absolute Gasteiger partial charge is 0.379 e. The number of aromatic nitrogens is 1. The number of carbonyl (C=O) groups is 1. The molecule has 134 valence electrons. The smallest absolute Gasteiger partial charge is 0.317 e. The maximum absolute atomic E-state index is 12.4. The molecule has 24 heavy (non-hydrogen) atoms. The van der Waals surface area contributed by atoms with Gasteiger partial charge >= 0.3 is 6.03 Å². The molecule has 1 aliphatic rings. The number of amides is 2. The Morgan fingerprint density at radius 1 is 1.29 bits per heavy atom. The lowest BCUT2D eigenvalue weighted by Crippen LogP contribution is -2.53. The molecule has 6 nitrogen and oxygen atoms in total. The molecule has 0 saturated carbocycles. The molecule has 2 rings (SSSR count). The zero-order valence-electron chi connectivity index (χ0n) is 15.3. The quantitative estimate of drug-likeness (QED) is 0.866. The number of rotatable bonds is 6.